The Bertz CT molecular complexity index is 786. The molecule has 0 radical (unpaired) electrons. The summed E-state index contributed by atoms with van der Waals surface area (Å²) >= 11 is 6.25. The molecule has 0 aliphatic heterocycles. The Morgan fingerprint density at radius 3 is 2.38 bits per heavy atom. The average molecular weight is 298 g/mol. The third-order valence-corrected chi connectivity index (χ3v) is 3.94. The molecule has 3 aromatic rings. The molecule has 1 unspecified atom stereocenters. The summed E-state index contributed by atoms with van der Waals surface area (Å²) in [6, 6.07) is 16.0. The molecule has 106 valence electrons. The summed E-state index contributed by atoms with van der Waals surface area (Å²) in [5.41, 5.74) is 1.98. The van der Waals surface area contributed by atoms with Gasteiger partial charge in [0.25, 0.3) is 0 Å². The van der Waals surface area contributed by atoms with Gasteiger partial charge >= 0.3 is 0 Å². The van der Waals surface area contributed by atoms with Gasteiger partial charge in [0, 0.05) is 15.8 Å². The summed E-state index contributed by atoms with van der Waals surface area (Å²) < 4.78 is 0. The van der Waals surface area contributed by atoms with Gasteiger partial charge in [-0.2, -0.15) is 5.10 Å². The zero-order valence-corrected chi connectivity index (χ0v) is 12.7. The molecule has 3 rings (SSSR count). The van der Waals surface area contributed by atoms with E-state index in [9.17, 15) is 0 Å². The Balaban J connectivity index is 1.99. The fourth-order valence-electron chi connectivity index (χ4n) is 2.45. The summed E-state index contributed by atoms with van der Waals surface area (Å²) in [6.45, 7) is 4.04. The number of aromatic nitrogens is 2. The highest BCUT2D eigenvalue weighted by molar-refractivity contribution is 6.31. The number of nitrogens with one attached hydrogen (secondary N) is 1. The lowest BCUT2D eigenvalue weighted by Gasteiger charge is -2.17. The van der Waals surface area contributed by atoms with Gasteiger partial charge in [-0.15, -0.1) is 5.10 Å². The van der Waals surface area contributed by atoms with Crippen molar-refractivity contribution in [1.82, 2.24) is 10.2 Å². The van der Waals surface area contributed by atoms with Crippen LogP contribution in [0.4, 0.5) is 5.82 Å². The molecule has 0 spiro atoms. The standard InChI is InChI=1S/C17H16ClN3/c1-11(14-8-5-6-10-16(14)18)19-17-15-9-4-3-7-13(15)12(2)20-21-17/h3-11H,1-2H3,(H,19,21). The minimum Gasteiger partial charge on any atom is -0.361 e. The molecule has 0 saturated heterocycles. The van der Waals surface area contributed by atoms with Crippen LogP contribution in [0.1, 0.15) is 24.2 Å². The van der Waals surface area contributed by atoms with Gasteiger partial charge in [0.1, 0.15) is 0 Å². The number of aryl methyl sites for hydroxylation is 1. The molecule has 3 nitrogen and oxygen atoms in total. The quantitative estimate of drug-likeness (QED) is 0.757. The molecule has 1 N–H and O–H groups in total. The molecule has 1 heterocycles. The molecule has 1 aromatic heterocycles. The van der Waals surface area contributed by atoms with E-state index in [0.717, 1.165) is 32.9 Å². The van der Waals surface area contributed by atoms with Crippen molar-refractivity contribution < 1.29 is 0 Å². The van der Waals surface area contributed by atoms with Gasteiger partial charge in [0.05, 0.1) is 11.7 Å². The molecule has 0 fully saturated rings. The van der Waals surface area contributed by atoms with E-state index in [1.807, 2.05) is 43.3 Å². The third-order valence-electron chi connectivity index (χ3n) is 3.60. The van der Waals surface area contributed by atoms with Crippen LogP contribution in [0.25, 0.3) is 10.8 Å². The first-order valence-electron chi connectivity index (χ1n) is 6.90. The highest BCUT2D eigenvalue weighted by atomic mass is 35.5. The molecule has 0 amide bonds. The number of rotatable bonds is 3. The first-order chi connectivity index (χ1) is 10.2. The number of benzene rings is 2. The molecule has 0 aliphatic rings. The Kier molecular flexibility index (Phi) is 3.76. The van der Waals surface area contributed by atoms with Crippen molar-refractivity contribution in [3.05, 3.63) is 64.8 Å². The second kappa shape index (κ2) is 5.70. The van der Waals surface area contributed by atoms with Crippen LogP contribution in [-0.2, 0) is 0 Å². The van der Waals surface area contributed by atoms with Crippen molar-refractivity contribution >= 4 is 28.2 Å². The summed E-state index contributed by atoms with van der Waals surface area (Å²) in [5, 5.41) is 14.9. The van der Waals surface area contributed by atoms with Crippen LogP contribution in [0.15, 0.2) is 48.5 Å². The van der Waals surface area contributed by atoms with Crippen LogP contribution in [0.2, 0.25) is 5.02 Å². The molecule has 0 saturated carbocycles. The van der Waals surface area contributed by atoms with Crippen molar-refractivity contribution in [2.75, 3.05) is 5.32 Å². The Morgan fingerprint density at radius 1 is 0.952 bits per heavy atom. The predicted octanol–water partition coefficient (Wildman–Crippen LogP) is 4.76. The van der Waals surface area contributed by atoms with Crippen LogP contribution < -0.4 is 5.32 Å². The third kappa shape index (κ3) is 2.69. The highest BCUT2D eigenvalue weighted by Gasteiger charge is 2.12. The van der Waals surface area contributed by atoms with E-state index in [4.69, 9.17) is 11.6 Å². The van der Waals surface area contributed by atoms with Gasteiger partial charge in [-0.3, -0.25) is 0 Å². The maximum absolute atomic E-state index is 6.25. The maximum atomic E-state index is 6.25. The fourth-order valence-corrected chi connectivity index (χ4v) is 2.75. The molecular weight excluding hydrogens is 282 g/mol. The lowest BCUT2D eigenvalue weighted by Crippen LogP contribution is -2.10. The SMILES string of the molecule is Cc1nnc(NC(C)c2ccccc2Cl)c2ccccc12. The summed E-state index contributed by atoms with van der Waals surface area (Å²) in [5.74, 6) is 0.781. The van der Waals surface area contributed by atoms with Crippen molar-refractivity contribution in [3.63, 3.8) is 0 Å². The van der Waals surface area contributed by atoms with E-state index in [1.165, 1.54) is 0 Å². The van der Waals surface area contributed by atoms with E-state index in [1.54, 1.807) is 0 Å². The van der Waals surface area contributed by atoms with Gasteiger partial charge in [0.2, 0.25) is 0 Å². The van der Waals surface area contributed by atoms with Crippen LogP contribution in [0.5, 0.6) is 0 Å². The van der Waals surface area contributed by atoms with Crippen molar-refractivity contribution in [1.29, 1.82) is 0 Å². The fraction of sp³-hybridized carbons (Fsp3) is 0.176. The molecule has 1 atom stereocenters. The van der Waals surface area contributed by atoms with E-state index >= 15 is 0 Å². The first kappa shape index (κ1) is 13.8. The number of anilines is 1. The lowest BCUT2D eigenvalue weighted by molar-refractivity contribution is 0.862. The topological polar surface area (TPSA) is 37.8 Å². The van der Waals surface area contributed by atoms with E-state index in [-0.39, 0.29) is 6.04 Å². The van der Waals surface area contributed by atoms with Crippen molar-refractivity contribution in [3.8, 4) is 0 Å². The number of nitrogens with zero attached hydrogens (tertiary/aromatic N) is 2. The zero-order chi connectivity index (χ0) is 14.8. The zero-order valence-electron chi connectivity index (χ0n) is 12.0. The van der Waals surface area contributed by atoms with E-state index in [2.05, 4.69) is 34.6 Å². The second-order valence-electron chi connectivity index (χ2n) is 5.07. The summed E-state index contributed by atoms with van der Waals surface area (Å²) in [7, 11) is 0. The van der Waals surface area contributed by atoms with Gasteiger partial charge < -0.3 is 5.32 Å². The van der Waals surface area contributed by atoms with Gasteiger partial charge in [-0.1, -0.05) is 54.1 Å². The summed E-state index contributed by atoms with van der Waals surface area (Å²) in [4.78, 5) is 0. The molecule has 0 bridgehead atoms. The molecule has 0 aliphatic carbocycles. The van der Waals surface area contributed by atoms with Crippen LogP contribution in [0, 0.1) is 6.92 Å². The van der Waals surface area contributed by atoms with Gasteiger partial charge in [0.15, 0.2) is 5.82 Å². The average Bonchev–Trinajstić information content (AvgIpc) is 2.51. The molecule has 4 heteroatoms. The maximum Gasteiger partial charge on any atom is 0.157 e. The van der Waals surface area contributed by atoms with Crippen LogP contribution in [0.3, 0.4) is 0 Å². The normalized spacial score (nSPS) is 12.3. The van der Waals surface area contributed by atoms with Crippen LogP contribution >= 0.6 is 11.6 Å². The second-order valence-corrected chi connectivity index (χ2v) is 5.47. The Labute approximate surface area is 129 Å². The first-order valence-corrected chi connectivity index (χ1v) is 7.27. The van der Waals surface area contributed by atoms with Gasteiger partial charge in [-0.25, -0.2) is 0 Å². The number of hydrogen-bond donors (Lipinski definition) is 1. The minimum atomic E-state index is 0.0547. The number of hydrogen-bond acceptors (Lipinski definition) is 3. The van der Waals surface area contributed by atoms with E-state index in [0.29, 0.717) is 0 Å². The smallest absolute Gasteiger partial charge is 0.157 e. The van der Waals surface area contributed by atoms with Gasteiger partial charge in [-0.05, 0) is 25.5 Å². The highest BCUT2D eigenvalue weighted by Crippen LogP contribution is 2.28. The molecule has 2 aromatic carbocycles. The largest absolute Gasteiger partial charge is 0.361 e. The molecule has 21 heavy (non-hydrogen) atoms. The van der Waals surface area contributed by atoms with E-state index < -0.39 is 0 Å². The monoisotopic (exact) mass is 297 g/mol. The number of fused-ring (bicyclic) bond motifs is 1. The van der Waals surface area contributed by atoms with Crippen LogP contribution in [-0.4, -0.2) is 10.2 Å². The minimum absolute atomic E-state index is 0.0547. The number of halogens is 1. The van der Waals surface area contributed by atoms with Crippen molar-refractivity contribution in [2.24, 2.45) is 0 Å². The summed E-state index contributed by atoms with van der Waals surface area (Å²) in [6.07, 6.45) is 0. The Morgan fingerprint density at radius 2 is 1.62 bits per heavy atom. The van der Waals surface area contributed by atoms with Crippen molar-refractivity contribution in [2.45, 2.75) is 19.9 Å². The Hall–Kier alpha value is -2.13. The predicted molar refractivity (Wildman–Crippen MR) is 87.8 cm³/mol. The lowest BCUT2D eigenvalue weighted by atomic mass is 10.1. The molecular formula is C17H16ClN3.